The third kappa shape index (κ3) is 4.34. The summed E-state index contributed by atoms with van der Waals surface area (Å²) in [7, 11) is 0. The summed E-state index contributed by atoms with van der Waals surface area (Å²) in [6.07, 6.45) is -0.247. The molecule has 0 unspecified atom stereocenters. The molecule has 2 heterocycles. The van der Waals surface area contributed by atoms with E-state index in [-0.39, 0.29) is 18.6 Å². The van der Waals surface area contributed by atoms with E-state index in [9.17, 15) is 9.59 Å². The summed E-state index contributed by atoms with van der Waals surface area (Å²) < 4.78 is 22.4. The van der Waals surface area contributed by atoms with Gasteiger partial charge in [-0.25, -0.2) is 4.79 Å². The number of carbonyl (C=O) groups is 1. The van der Waals surface area contributed by atoms with Crippen molar-refractivity contribution < 1.29 is 23.4 Å². The summed E-state index contributed by atoms with van der Waals surface area (Å²) >= 11 is 0. The predicted molar refractivity (Wildman–Crippen MR) is 107 cm³/mol. The molecule has 0 saturated carbocycles. The molecule has 0 aliphatic carbocycles. The Kier molecular flexibility index (Phi) is 5.37. The number of para-hydroxylation sites is 2. The van der Waals surface area contributed by atoms with Crippen LogP contribution in [0.5, 0.6) is 17.2 Å². The predicted octanol–water partition coefficient (Wildman–Crippen LogP) is 2.86. The zero-order chi connectivity index (χ0) is 20.2. The van der Waals surface area contributed by atoms with Gasteiger partial charge in [0.25, 0.3) is 5.91 Å². The van der Waals surface area contributed by atoms with Gasteiger partial charge in [-0.2, -0.15) is 0 Å². The first-order valence-electron chi connectivity index (χ1n) is 9.45. The van der Waals surface area contributed by atoms with Crippen molar-refractivity contribution in [2.75, 3.05) is 26.3 Å². The van der Waals surface area contributed by atoms with Crippen LogP contribution in [0.25, 0.3) is 11.0 Å². The number of carbonyl (C=O) groups excluding carboxylic acids is 1. The Bertz CT molecular complexity index is 1080. The highest BCUT2D eigenvalue weighted by atomic mass is 16.6. The Labute approximate surface area is 167 Å². The van der Waals surface area contributed by atoms with Crippen molar-refractivity contribution in [1.29, 1.82) is 0 Å². The Morgan fingerprint density at radius 3 is 2.76 bits per heavy atom. The van der Waals surface area contributed by atoms with E-state index >= 15 is 0 Å². The molecule has 1 aliphatic rings. The summed E-state index contributed by atoms with van der Waals surface area (Å²) in [6, 6.07) is 15.6. The fourth-order valence-corrected chi connectivity index (χ4v) is 3.17. The Balaban J connectivity index is 1.36. The van der Waals surface area contributed by atoms with Crippen LogP contribution >= 0.6 is 0 Å². The highest BCUT2D eigenvalue weighted by Gasteiger charge is 2.25. The minimum Gasteiger partial charge on any atom is -0.486 e. The lowest BCUT2D eigenvalue weighted by atomic mass is 10.2. The van der Waals surface area contributed by atoms with Gasteiger partial charge in [-0.15, -0.1) is 0 Å². The molecule has 150 valence electrons. The van der Waals surface area contributed by atoms with Crippen molar-refractivity contribution >= 4 is 16.9 Å². The van der Waals surface area contributed by atoms with Gasteiger partial charge in [0.1, 0.15) is 17.9 Å². The Morgan fingerprint density at radius 1 is 1.14 bits per heavy atom. The lowest BCUT2D eigenvalue weighted by Gasteiger charge is -2.30. The average Bonchev–Trinajstić information content (AvgIpc) is 2.75. The van der Waals surface area contributed by atoms with Gasteiger partial charge in [0.2, 0.25) is 0 Å². The number of hydrogen-bond donors (Lipinski definition) is 0. The van der Waals surface area contributed by atoms with Crippen LogP contribution in [0.1, 0.15) is 6.92 Å². The molecule has 0 spiro atoms. The SMILES string of the molecule is CCN(C[C@@H]1COc2ccccc2O1)C(=O)COc1ccc2ccc(=O)oc2c1. The maximum absolute atomic E-state index is 12.6. The molecule has 7 heteroatoms. The first kappa shape index (κ1) is 18.9. The summed E-state index contributed by atoms with van der Waals surface area (Å²) in [4.78, 5) is 25.7. The third-order valence-electron chi connectivity index (χ3n) is 4.68. The molecule has 1 atom stereocenters. The monoisotopic (exact) mass is 395 g/mol. The van der Waals surface area contributed by atoms with Gasteiger partial charge in [0.05, 0.1) is 6.54 Å². The Hall–Kier alpha value is -3.48. The molecular weight excluding hydrogens is 374 g/mol. The second-order valence-corrected chi connectivity index (χ2v) is 6.67. The highest BCUT2D eigenvalue weighted by molar-refractivity contribution is 5.79. The second-order valence-electron chi connectivity index (χ2n) is 6.67. The van der Waals surface area contributed by atoms with Crippen molar-refractivity contribution in [1.82, 2.24) is 4.90 Å². The number of fused-ring (bicyclic) bond motifs is 2. The standard InChI is InChI=1S/C22H21NO6/c1-2-23(12-17-13-27-18-5-3-4-6-19(18)28-17)21(24)14-26-16-9-7-15-8-10-22(25)29-20(15)11-16/h3-11,17H,2,12-14H2,1H3/t17-/m1/s1. The molecule has 0 saturated heterocycles. The molecule has 29 heavy (non-hydrogen) atoms. The maximum Gasteiger partial charge on any atom is 0.336 e. The van der Waals surface area contributed by atoms with E-state index in [1.807, 2.05) is 31.2 Å². The molecule has 1 amide bonds. The van der Waals surface area contributed by atoms with E-state index in [4.69, 9.17) is 18.6 Å². The van der Waals surface area contributed by atoms with E-state index in [2.05, 4.69) is 0 Å². The molecule has 3 aromatic rings. The highest BCUT2D eigenvalue weighted by Crippen LogP contribution is 2.31. The van der Waals surface area contributed by atoms with E-state index in [1.165, 1.54) is 6.07 Å². The van der Waals surface area contributed by atoms with Gasteiger partial charge < -0.3 is 23.5 Å². The molecule has 1 aromatic heterocycles. The van der Waals surface area contributed by atoms with Crippen LogP contribution in [0, 0.1) is 0 Å². The van der Waals surface area contributed by atoms with Crippen molar-refractivity contribution in [2.45, 2.75) is 13.0 Å². The topological polar surface area (TPSA) is 78.2 Å². The van der Waals surface area contributed by atoms with Gasteiger partial charge in [0.15, 0.2) is 24.2 Å². The summed E-state index contributed by atoms with van der Waals surface area (Å²) in [6.45, 7) is 3.09. The smallest absolute Gasteiger partial charge is 0.336 e. The van der Waals surface area contributed by atoms with Crippen LogP contribution in [0.4, 0.5) is 0 Å². The first-order chi connectivity index (χ1) is 14.1. The Morgan fingerprint density at radius 2 is 1.93 bits per heavy atom. The fraction of sp³-hybridized carbons (Fsp3) is 0.273. The van der Waals surface area contributed by atoms with Crippen LogP contribution in [0.15, 0.2) is 63.8 Å². The van der Waals surface area contributed by atoms with Crippen molar-refractivity contribution in [2.24, 2.45) is 0 Å². The van der Waals surface area contributed by atoms with Gasteiger partial charge in [-0.05, 0) is 37.3 Å². The minimum absolute atomic E-state index is 0.124. The molecule has 4 rings (SSSR count). The third-order valence-corrected chi connectivity index (χ3v) is 4.68. The van der Waals surface area contributed by atoms with Crippen LogP contribution < -0.4 is 19.8 Å². The normalized spacial score (nSPS) is 15.1. The van der Waals surface area contributed by atoms with E-state index in [1.54, 1.807) is 29.2 Å². The molecular formula is C22H21NO6. The number of benzene rings is 2. The number of ether oxygens (including phenoxy) is 3. The lowest BCUT2D eigenvalue weighted by Crippen LogP contribution is -2.45. The van der Waals surface area contributed by atoms with E-state index in [0.29, 0.717) is 42.5 Å². The van der Waals surface area contributed by atoms with Crippen molar-refractivity contribution in [3.63, 3.8) is 0 Å². The first-order valence-corrected chi connectivity index (χ1v) is 9.45. The van der Waals surface area contributed by atoms with Crippen LogP contribution in [0.2, 0.25) is 0 Å². The van der Waals surface area contributed by atoms with Crippen LogP contribution in [-0.4, -0.2) is 43.2 Å². The fourth-order valence-electron chi connectivity index (χ4n) is 3.17. The van der Waals surface area contributed by atoms with Crippen LogP contribution in [-0.2, 0) is 4.79 Å². The minimum atomic E-state index is -0.431. The zero-order valence-corrected chi connectivity index (χ0v) is 16.0. The lowest BCUT2D eigenvalue weighted by molar-refractivity contribution is -0.134. The van der Waals surface area contributed by atoms with Gasteiger partial charge in [-0.1, -0.05) is 12.1 Å². The molecule has 1 aliphatic heterocycles. The largest absolute Gasteiger partial charge is 0.486 e. The van der Waals surface area contributed by atoms with Crippen LogP contribution in [0.3, 0.4) is 0 Å². The number of nitrogens with zero attached hydrogens (tertiary/aromatic N) is 1. The number of likely N-dealkylation sites (N-methyl/N-ethyl adjacent to an activating group) is 1. The number of hydrogen-bond acceptors (Lipinski definition) is 6. The second kappa shape index (κ2) is 8.26. The molecule has 0 radical (unpaired) electrons. The molecule has 0 fully saturated rings. The summed E-state index contributed by atoms with van der Waals surface area (Å²) in [5.41, 5.74) is -0.0135. The quantitative estimate of drug-likeness (QED) is 0.598. The van der Waals surface area contributed by atoms with E-state index in [0.717, 1.165) is 5.39 Å². The van der Waals surface area contributed by atoms with Crippen molar-refractivity contribution in [3.05, 3.63) is 65.0 Å². The molecule has 2 aromatic carbocycles. The number of amides is 1. The summed E-state index contributed by atoms with van der Waals surface area (Å²) in [5, 5.41) is 0.785. The maximum atomic E-state index is 12.6. The summed E-state index contributed by atoms with van der Waals surface area (Å²) in [5.74, 6) is 1.69. The molecule has 0 N–H and O–H groups in total. The van der Waals surface area contributed by atoms with E-state index < -0.39 is 5.63 Å². The molecule has 7 nitrogen and oxygen atoms in total. The van der Waals surface area contributed by atoms with Gasteiger partial charge in [0, 0.05) is 24.1 Å². The molecule has 0 bridgehead atoms. The van der Waals surface area contributed by atoms with Gasteiger partial charge in [-0.3, -0.25) is 4.79 Å². The zero-order valence-electron chi connectivity index (χ0n) is 16.0. The van der Waals surface area contributed by atoms with Crippen molar-refractivity contribution in [3.8, 4) is 17.2 Å². The average molecular weight is 395 g/mol. The number of rotatable bonds is 6. The van der Waals surface area contributed by atoms with Gasteiger partial charge >= 0.3 is 5.63 Å².